The Balaban J connectivity index is 1.57. The molecule has 0 amide bonds. The van der Waals surface area contributed by atoms with E-state index in [1.807, 2.05) is 26.0 Å². The largest absolute Gasteiger partial charge is 0.417 e. The lowest BCUT2D eigenvalue weighted by Gasteiger charge is -2.21. The lowest BCUT2D eigenvalue weighted by Crippen LogP contribution is -2.23. The number of ether oxygens (including phenoxy) is 1. The van der Waals surface area contributed by atoms with Gasteiger partial charge in [0.2, 0.25) is 0 Å². The number of anilines is 2. The molecule has 0 saturated carbocycles. The number of nitriles is 1. The van der Waals surface area contributed by atoms with Crippen molar-refractivity contribution in [2.24, 2.45) is 0 Å². The molecule has 2 aromatic carbocycles. The number of aromatic nitrogens is 1. The highest BCUT2D eigenvalue weighted by atomic mass is 19.4. The lowest BCUT2D eigenvalue weighted by molar-refractivity contribution is -0.137. The molecule has 0 radical (unpaired) electrons. The summed E-state index contributed by atoms with van der Waals surface area (Å²) >= 11 is 0. The Morgan fingerprint density at radius 3 is 2.79 bits per heavy atom. The minimum absolute atomic E-state index is 0.233. The molecule has 4 rings (SSSR count). The van der Waals surface area contributed by atoms with E-state index < -0.39 is 11.7 Å². The summed E-state index contributed by atoms with van der Waals surface area (Å²) in [7, 11) is 0. The van der Waals surface area contributed by atoms with Crippen LogP contribution >= 0.6 is 0 Å². The molecule has 2 heterocycles. The summed E-state index contributed by atoms with van der Waals surface area (Å²) in [4.78, 5) is 6.84. The molecule has 1 atom stereocenters. The third-order valence-corrected chi connectivity index (χ3v) is 5.99. The van der Waals surface area contributed by atoms with Gasteiger partial charge in [0.1, 0.15) is 0 Å². The fourth-order valence-corrected chi connectivity index (χ4v) is 4.30. The fraction of sp³-hybridized carbons (Fsp3) is 0.360. The van der Waals surface area contributed by atoms with Crippen LogP contribution in [0, 0.1) is 18.3 Å². The van der Waals surface area contributed by atoms with Crippen molar-refractivity contribution in [2.75, 3.05) is 29.9 Å². The molecule has 33 heavy (non-hydrogen) atoms. The molecule has 1 aliphatic heterocycles. The molecular formula is C25H25F3N4O. The minimum atomic E-state index is -4.58. The fourth-order valence-electron chi connectivity index (χ4n) is 4.30. The number of halogens is 3. The zero-order chi connectivity index (χ0) is 23.6. The first kappa shape index (κ1) is 22.9. The third-order valence-electron chi connectivity index (χ3n) is 5.99. The highest BCUT2D eigenvalue weighted by Gasteiger charge is 2.33. The van der Waals surface area contributed by atoms with E-state index in [4.69, 9.17) is 10.00 Å². The van der Waals surface area contributed by atoms with E-state index in [1.54, 1.807) is 12.3 Å². The Morgan fingerprint density at radius 2 is 2.06 bits per heavy atom. The second-order valence-electron chi connectivity index (χ2n) is 8.16. The van der Waals surface area contributed by atoms with Gasteiger partial charge in [-0.25, -0.2) is 0 Å². The van der Waals surface area contributed by atoms with Crippen LogP contribution in [0.4, 0.5) is 24.5 Å². The highest BCUT2D eigenvalue weighted by Crippen LogP contribution is 2.34. The number of benzene rings is 2. The maximum atomic E-state index is 13.3. The van der Waals surface area contributed by atoms with Gasteiger partial charge in [-0.15, -0.1) is 0 Å². The lowest BCUT2D eigenvalue weighted by atomic mass is 10.0. The Morgan fingerprint density at radius 1 is 1.24 bits per heavy atom. The molecule has 8 heteroatoms. The highest BCUT2D eigenvalue weighted by molar-refractivity contribution is 5.92. The quantitative estimate of drug-likeness (QED) is 0.521. The Hall–Kier alpha value is -3.31. The number of hydrogen-bond acceptors (Lipinski definition) is 5. The summed E-state index contributed by atoms with van der Waals surface area (Å²) in [6.07, 6.45) is -1.58. The number of nitrogens with zero attached hydrogens (tertiary/aromatic N) is 3. The monoisotopic (exact) mass is 454 g/mol. The summed E-state index contributed by atoms with van der Waals surface area (Å²) in [5.74, 6) is 0. The van der Waals surface area contributed by atoms with Gasteiger partial charge in [0.25, 0.3) is 0 Å². The molecule has 172 valence electrons. The maximum Gasteiger partial charge on any atom is 0.417 e. The number of alkyl halides is 3. The Labute approximate surface area is 190 Å². The molecule has 0 spiro atoms. The first-order valence-corrected chi connectivity index (χ1v) is 10.9. The van der Waals surface area contributed by atoms with Crippen LogP contribution in [0.1, 0.15) is 35.6 Å². The summed E-state index contributed by atoms with van der Waals surface area (Å²) in [5, 5.41) is 13.1. The second kappa shape index (κ2) is 9.28. The van der Waals surface area contributed by atoms with Crippen LogP contribution in [0.15, 0.2) is 42.6 Å². The molecule has 0 aliphatic carbocycles. The SMILES string of the molecule is CCOC1CCN(c2ccnc3cc(CNc4ccc(C#N)c(C(F)(F)F)c4)c(C)cc23)C1. The zero-order valence-electron chi connectivity index (χ0n) is 18.5. The van der Waals surface area contributed by atoms with Crippen molar-refractivity contribution in [3.8, 4) is 6.07 Å². The van der Waals surface area contributed by atoms with E-state index in [9.17, 15) is 13.2 Å². The molecule has 1 saturated heterocycles. The van der Waals surface area contributed by atoms with Gasteiger partial charge in [0.05, 0.1) is 28.8 Å². The first-order chi connectivity index (χ1) is 15.8. The molecule has 1 aromatic heterocycles. The number of pyridine rings is 1. The average Bonchev–Trinajstić information content (AvgIpc) is 3.25. The Bertz CT molecular complexity index is 1200. The standard InChI is InChI=1S/C25H25F3N4O/c1-3-33-20-7-9-32(15-20)24-6-8-30-23-11-18(16(2)10-21(23)24)14-31-19-5-4-17(13-29)22(12-19)25(26,27)28/h4-6,8,10-12,20,31H,3,7,9,14-15H2,1-2H3. The van der Waals surface area contributed by atoms with Crippen molar-refractivity contribution in [1.82, 2.24) is 4.98 Å². The van der Waals surface area contributed by atoms with E-state index in [1.165, 1.54) is 12.1 Å². The van der Waals surface area contributed by atoms with Crippen molar-refractivity contribution >= 4 is 22.3 Å². The number of aryl methyl sites for hydroxylation is 1. The van der Waals surface area contributed by atoms with E-state index in [0.717, 1.165) is 53.3 Å². The van der Waals surface area contributed by atoms with E-state index >= 15 is 0 Å². The van der Waals surface area contributed by atoms with E-state index in [0.29, 0.717) is 18.8 Å². The van der Waals surface area contributed by atoms with Gasteiger partial charge in [-0.05, 0) is 67.8 Å². The summed E-state index contributed by atoms with van der Waals surface area (Å²) in [5.41, 5.74) is 2.90. The molecule has 1 aliphatic rings. The van der Waals surface area contributed by atoms with Crippen LogP contribution in [0.25, 0.3) is 10.9 Å². The summed E-state index contributed by atoms with van der Waals surface area (Å²) in [6, 6.07) is 11.3. The van der Waals surface area contributed by atoms with Crippen LogP contribution < -0.4 is 10.2 Å². The summed E-state index contributed by atoms with van der Waals surface area (Å²) in [6.45, 7) is 6.80. The normalized spacial score (nSPS) is 16.2. The minimum Gasteiger partial charge on any atom is -0.381 e. The molecule has 3 aromatic rings. The third kappa shape index (κ3) is 4.88. The topological polar surface area (TPSA) is 61.2 Å². The number of fused-ring (bicyclic) bond motifs is 1. The second-order valence-corrected chi connectivity index (χ2v) is 8.16. The Kier molecular flexibility index (Phi) is 6.43. The first-order valence-electron chi connectivity index (χ1n) is 10.9. The van der Waals surface area contributed by atoms with Gasteiger partial charge in [-0.2, -0.15) is 18.4 Å². The molecule has 1 unspecified atom stereocenters. The van der Waals surface area contributed by atoms with Crippen LogP contribution in [-0.2, 0) is 17.5 Å². The average molecular weight is 454 g/mol. The van der Waals surface area contributed by atoms with Crippen LogP contribution in [0.3, 0.4) is 0 Å². The van der Waals surface area contributed by atoms with Crippen molar-refractivity contribution in [3.63, 3.8) is 0 Å². The molecule has 1 fully saturated rings. The maximum absolute atomic E-state index is 13.3. The predicted octanol–water partition coefficient (Wildman–Crippen LogP) is 5.66. The van der Waals surface area contributed by atoms with Crippen molar-refractivity contribution < 1.29 is 17.9 Å². The van der Waals surface area contributed by atoms with Crippen LogP contribution in [0.2, 0.25) is 0 Å². The number of nitrogens with one attached hydrogen (secondary N) is 1. The van der Waals surface area contributed by atoms with Crippen molar-refractivity contribution in [3.05, 3.63) is 64.8 Å². The van der Waals surface area contributed by atoms with E-state index in [-0.39, 0.29) is 11.7 Å². The van der Waals surface area contributed by atoms with Gasteiger partial charge in [-0.1, -0.05) is 0 Å². The molecule has 0 bridgehead atoms. The zero-order valence-corrected chi connectivity index (χ0v) is 18.5. The van der Waals surface area contributed by atoms with Crippen LogP contribution in [0.5, 0.6) is 0 Å². The molecule has 5 nitrogen and oxygen atoms in total. The smallest absolute Gasteiger partial charge is 0.381 e. The van der Waals surface area contributed by atoms with Gasteiger partial charge < -0.3 is 15.0 Å². The molecular weight excluding hydrogens is 429 g/mol. The van der Waals surface area contributed by atoms with Gasteiger partial charge >= 0.3 is 6.18 Å². The van der Waals surface area contributed by atoms with Gasteiger partial charge in [0, 0.05) is 49.2 Å². The van der Waals surface area contributed by atoms with Crippen molar-refractivity contribution in [1.29, 1.82) is 5.26 Å². The van der Waals surface area contributed by atoms with E-state index in [2.05, 4.69) is 21.3 Å². The predicted molar refractivity (Wildman–Crippen MR) is 122 cm³/mol. The van der Waals surface area contributed by atoms with Crippen LogP contribution in [-0.4, -0.2) is 30.8 Å². The number of rotatable bonds is 6. The summed E-state index contributed by atoms with van der Waals surface area (Å²) < 4.78 is 45.5. The van der Waals surface area contributed by atoms with Crippen molar-refractivity contribution in [2.45, 2.75) is 39.1 Å². The molecule has 1 N–H and O–H groups in total. The van der Waals surface area contributed by atoms with Gasteiger partial charge in [-0.3, -0.25) is 4.98 Å². The van der Waals surface area contributed by atoms with Gasteiger partial charge in [0.15, 0.2) is 0 Å². The number of hydrogen-bond donors (Lipinski definition) is 1.